The lowest BCUT2D eigenvalue weighted by molar-refractivity contribution is -0.115. The first kappa shape index (κ1) is 13.9. The van der Waals surface area contributed by atoms with E-state index in [0.29, 0.717) is 17.0 Å². The van der Waals surface area contributed by atoms with E-state index in [0.717, 1.165) is 0 Å². The van der Waals surface area contributed by atoms with Crippen LogP contribution >= 0.6 is 0 Å². The van der Waals surface area contributed by atoms with E-state index >= 15 is 0 Å². The molecule has 1 unspecified atom stereocenters. The number of hydrogen-bond donors (Lipinski definition) is 1. The van der Waals surface area contributed by atoms with Crippen molar-refractivity contribution >= 4 is 11.7 Å². The van der Waals surface area contributed by atoms with Crippen molar-refractivity contribution in [3.8, 4) is 0 Å². The van der Waals surface area contributed by atoms with E-state index in [1.807, 2.05) is 12.1 Å². The zero-order valence-electron chi connectivity index (χ0n) is 11.8. The fourth-order valence-corrected chi connectivity index (χ4v) is 2.35. The Labute approximate surface area is 128 Å². The van der Waals surface area contributed by atoms with Crippen LogP contribution in [-0.4, -0.2) is 16.7 Å². The zero-order valence-corrected chi connectivity index (χ0v) is 11.8. The van der Waals surface area contributed by atoms with Crippen LogP contribution in [-0.2, 0) is 4.79 Å². The van der Waals surface area contributed by atoms with Gasteiger partial charge >= 0.3 is 0 Å². The van der Waals surface area contributed by atoms with Crippen LogP contribution < -0.4 is 5.32 Å². The molecule has 1 aromatic heterocycles. The predicted molar refractivity (Wildman–Crippen MR) is 83.1 cm³/mol. The molecule has 0 saturated carbocycles. The van der Waals surface area contributed by atoms with E-state index in [1.165, 1.54) is 6.08 Å². The number of nitrogens with one attached hydrogen (secondary N) is 1. The van der Waals surface area contributed by atoms with Crippen molar-refractivity contribution in [2.75, 3.05) is 0 Å². The first-order chi connectivity index (χ1) is 10.8. The third-order valence-corrected chi connectivity index (χ3v) is 3.41. The Hall–Kier alpha value is -3.01. The molecule has 1 aromatic carbocycles. The monoisotopic (exact) mass is 290 g/mol. The van der Waals surface area contributed by atoms with E-state index in [9.17, 15) is 9.59 Å². The highest BCUT2D eigenvalue weighted by molar-refractivity contribution is 6.01. The molecule has 0 aliphatic heterocycles. The lowest BCUT2D eigenvalue weighted by Gasteiger charge is -2.20. The van der Waals surface area contributed by atoms with Crippen LogP contribution in [0.3, 0.4) is 0 Å². The highest BCUT2D eigenvalue weighted by atomic mass is 16.2. The first-order valence-corrected chi connectivity index (χ1v) is 6.95. The summed E-state index contributed by atoms with van der Waals surface area (Å²) in [5.41, 5.74) is 1.71. The number of rotatable bonds is 3. The Morgan fingerprint density at radius 2 is 1.82 bits per heavy atom. The topological polar surface area (TPSA) is 59.1 Å². The Bertz CT molecular complexity index is 749. The van der Waals surface area contributed by atoms with Crippen LogP contribution in [0.4, 0.5) is 0 Å². The second-order valence-electron chi connectivity index (χ2n) is 4.89. The number of allylic oxidation sites excluding steroid dienone is 4. The van der Waals surface area contributed by atoms with Crippen LogP contribution in [0, 0.1) is 0 Å². The summed E-state index contributed by atoms with van der Waals surface area (Å²) >= 11 is 0. The van der Waals surface area contributed by atoms with Gasteiger partial charge in [-0.05, 0) is 36.4 Å². The molecule has 0 fully saturated rings. The Balaban J connectivity index is 1.87. The highest BCUT2D eigenvalue weighted by Gasteiger charge is 2.27. The van der Waals surface area contributed by atoms with E-state index in [-0.39, 0.29) is 11.7 Å². The van der Waals surface area contributed by atoms with Gasteiger partial charge in [0, 0.05) is 17.5 Å². The van der Waals surface area contributed by atoms with Gasteiger partial charge in [-0.3, -0.25) is 14.6 Å². The van der Waals surface area contributed by atoms with Crippen LogP contribution in [0.2, 0.25) is 0 Å². The van der Waals surface area contributed by atoms with Crippen molar-refractivity contribution in [1.82, 2.24) is 10.3 Å². The Kier molecular flexibility index (Phi) is 3.92. The average Bonchev–Trinajstić information content (AvgIpc) is 2.56. The minimum Gasteiger partial charge on any atom is -0.325 e. The quantitative estimate of drug-likeness (QED) is 0.945. The molecule has 1 aliphatic carbocycles. The predicted octanol–water partition coefficient (Wildman–Crippen LogP) is 2.62. The normalized spacial score (nSPS) is 17.0. The molecule has 1 heterocycles. The molecular formula is C18H14N2O2. The van der Waals surface area contributed by atoms with Gasteiger partial charge in [-0.1, -0.05) is 30.3 Å². The van der Waals surface area contributed by atoms with Gasteiger partial charge < -0.3 is 5.32 Å². The lowest BCUT2D eigenvalue weighted by atomic mass is 9.91. The molecule has 1 aliphatic rings. The third kappa shape index (κ3) is 2.86. The summed E-state index contributed by atoms with van der Waals surface area (Å²) in [5.74, 6) is -0.903. The standard InChI is InChI=1S/C18H14N2O2/c21-16-11-6-10-15(17(16)14-9-4-5-12-19-14)20-18(22)13-7-2-1-3-8-13/h1-12,17H,(H,20,22). The Morgan fingerprint density at radius 3 is 2.55 bits per heavy atom. The van der Waals surface area contributed by atoms with E-state index in [4.69, 9.17) is 0 Å². The number of pyridine rings is 1. The number of amides is 1. The summed E-state index contributed by atoms with van der Waals surface area (Å²) in [5, 5.41) is 2.82. The highest BCUT2D eigenvalue weighted by Crippen LogP contribution is 2.25. The molecule has 1 amide bonds. The van der Waals surface area contributed by atoms with E-state index in [2.05, 4.69) is 10.3 Å². The average molecular weight is 290 g/mol. The number of benzene rings is 1. The van der Waals surface area contributed by atoms with Crippen molar-refractivity contribution in [1.29, 1.82) is 0 Å². The van der Waals surface area contributed by atoms with Gasteiger partial charge in [-0.2, -0.15) is 0 Å². The summed E-state index contributed by atoms with van der Waals surface area (Å²) < 4.78 is 0. The number of nitrogens with zero attached hydrogens (tertiary/aromatic N) is 1. The van der Waals surface area contributed by atoms with Gasteiger partial charge in [0.05, 0.1) is 5.69 Å². The summed E-state index contributed by atoms with van der Waals surface area (Å²) in [6.45, 7) is 0. The minimum atomic E-state index is -0.570. The van der Waals surface area contributed by atoms with Crippen LogP contribution in [0.15, 0.2) is 78.7 Å². The summed E-state index contributed by atoms with van der Waals surface area (Å²) in [6, 6.07) is 14.3. The number of carbonyl (C=O) groups is 2. The first-order valence-electron chi connectivity index (χ1n) is 6.95. The van der Waals surface area contributed by atoms with Crippen molar-refractivity contribution in [3.63, 3.8) is 0 Å². The molecular weight excluding hydrogens is 276 g/mol. The van der Waals surface area contributed by atoms with Crippen molar-refractivity contribution in [3.05, 3.63) is 89.9 Å². The SMILES string of the molecule is O=C(NC1=CC=CC(=O)C1c1ccccn1)c1ccccc1. The van der Waals surface area contributed by atoms with Crippen LogP contribution in [0.5, 0.6) is 0 Å². The molecule has 1 atom stereocenters. The van der Waals surface area contributed by atoms with Gasteiger partial charge in [0.15, 0.2) is 5.78 Å². The fourth-order valence-electron chi connectivity index (χ4n) is 2.35. The van der Waals surface area contributed by atoms with Gasteiger partial charge in [0.1, 0.15) is 5.92 Å². The van der Waals surface area contributed by atoms with Gasteiger partial charge in [-0.25, -0.2) is 0 Å². The zero-order chi connectivity index (χ0) is 15.4. The molecule has 0 radical (unpaired) electrons. The molecule has 0 spiro atoms. The second-order valence-corrected chi connectivity index (χ2v) is 4.89. The summed E-state index contributed by atoms with van der Waals surface area (Å²) in [7, 11) is 0. The molecule has 108 valence electrons. The maximum Gasteiger partial charge on any atom is 0.255 e. The number of carbonyl (C=O) groups excluding carboxylic acids is 2. The molecule has 4 nitrogen and oxygen atoms in total. The van der Waals surface area contributed by atoms with Gasteiger partial charge in [-0.15, -0.1) is 0 Å². The van der Waals surface area contributed by atoms with Crippen molar-refractivity contribution in [2.45, 2.75) is 5.92 Å². The van der Waals surface area contributed by atoms with Crippen LogP contribution in [0.25, 0.3) is 0 Å². The molecule has 0 saturated heterocycles. The van der Waals surface area contributed by atoms with Gasteiger partial charge in [0.25, 0.3) is 5.91 Å². The summed E-state index contributed by atoms with van der Waals surface area (Å²) in [4.78, 5) is 28.7. The second kappa shape index (κ2) is 6.18. The van der Waals surface area contributed by atoms with Crippen LogP contribution in [0.1, 0.15) is 22.0 Å². The number of hydrogen-bond acceptors (Lipinski definition) is 3. The summed E-state index contributed by atoms with van der Waals surface area (Å²) in [6.07, 6.45) is 6.51. The van der Waals surface area contributed by atoms with E-state index in [1.54, 1.807) is 54.7 Å². The minimum absolute atomic E-state index is 0.0930. The van der Waals surface area contributed by atoms with Crippen molar-refractivity contribution in [2.24, 2.45) is 0 Å². The van der Waals surface area contributed by atoms with E-state index < -0.39 is 5.92 Å². The molecule has 0 bridgehead atoms. The molecule has 22 heavy (non-hydrogen) atoms. The van der Waals surface area contributed by atoms with Crippen molar-refractivity contribution < 1.29 is 9.59 Å². The smallest absolute Gasteiger partial charge is 0.255 e. The maximum absolute atomic E-state index is 12.3. The Morgan fingerprint density at radius 1 is 1.05 bits per heavy atom. The van der Waals surface area contributed by atoms with Gasteiger partial charge in [0.2, 0.25) is 0 Å². The maximum atomic E-state index is 12.3. The largest absolute Gasteiger partial charge is 0.325 e. The molecule has 4 heteroatoms. The number of aromatic nitrogens is 1. The fraction of sp³-hybridized carbons (Fsp3) is 0.0556. The lowest BCUT2D eigenvalue weighted by Crippen LogP contribution is -2.30. The molecule has 2 aromatic rings. The third-order valence-electron chi connectivity index (χ3n) is 3.41. The number of ketones is 1. The molecule has 3 rings (SSSR count). The molecule has 1 N–H and O–H groups in total.